The molecule has 0 radical (unpaired) electrons. The third kappa shape index (κ3) is 4.15. The second-order valence-corrected chi connectivity index (χ2v) is 7.23. The molecule has 0 spiro atoms. The predicted octanol–water partition coefficient (Wildman–Crippen LogP) is 4.04. The van der Waals surface area contributed by atoms with Crippen molar-refractivity contribution < 1.29 is 9.15 Å². The molecular formula is C19H16ClN5O3S. The summed E-state index contributed by atoms with van der Waals surface area (Å²) in [5.41, 5.74) is 0.140. The fraction of sp³-hybridized carbons (Fsp3) is 0.105. The highest BCUT2D eigenvalue weighted by atomic mass is 35.5. The van der Waals surface area contributed by atoms with Gasteiger partial charge in [-0.3, -0.25) is 9.47 Å². The zero-order valence-corrected chi connectivity index (χ0v) is 16.9. The molecule has 4 aromatic rings. The van der Waals surface area contributed by atoms with Crippen LogP contribution >= 0.6 is 23.4 Å². The lowest BCUT2D eigenvalue weighted by Gasteiger charge is -2.14. The maximum absolute atomic E-state index is 13.2. The number of anilines is 2. The van der Waals surface area contributed by atoms with Crippen molar-refractivity contribution in [2.24, 2.45) is 0 Å². The summed E-state index contributed by atoms with van der Waals surface area (Å²) in [6.07, 6.45) is 5.11. The van der Waals surface area contributed by atoms with Crippen molar-refractivity contribution in [2.75, 3.05) is 12.4 Å². The van der Waals surface area contributed by atoms with Gasteiger partial charge >= 0.3 is 5.56 Å². The highest BCUT2D eigenvalue weighted by Crippen LogP contribution is 2.29. The molecule has 0 fully saturated rings. The van der Waals surface area contributed by atoms with Crippen molar-refractivity contribution in [1.29, 1.82) is 0 Å². The van der Waals surface area contributed by atoms with Crippen LogP contribution in [0.2, 0.25) is 5.02 Å². The van der Waals surface area contributed by atoms with Crippen molar-refractivity contribution >= 4 is 34.9 Å². The van der Waals surface area contributed by atoms with Crippen molar-refractivity contribution in [1.82, 2.24) is 19.5 Å². The fourth-order valence-electron chi connectivity index (χ4n) is 2.63. The number of furan rings is 1. The number of hydrogen-bond acceptors (Lipinski definition) is 7. The molecule has 10 heteroatoms. The molecule has 1 N–H and O–H groups in total. The Bertz CT molecular complexity index is 1160. The molecule has 0 saturated carbocycles. The quantitative estimate of drug-likeness (QED) is 0.443. The van der Waals surface area contributed by atoms with Gasteiger partial charge in [-0.05, 0) is 42.5 Å². The van der Waals surface area contributed by atoms with Gasteiger partial charge in [0.2, 0.25) is 11.0 Å². The van der Waals surface area contributed by atoms with E-state index in [2.05, 4.69) is 15.5 Å². The summed E-state index contributed by atoms with van der Waals surface area (Å²) in [5.74, 6) is 1.85. The van der Waals surface area contributed by atoms with Crippen LogP contribution in [0.4, 0.5) is 11.5 Å². The SMILES string of the molecule is COc1ccc(Cl)cc1Nc1nnc(SCc2ccco2)n(-n2cccc2)c1=O. The van der Waals surface area contributed by atoms with Crippen LogP contribution in [0.15, 0.2) is 75.5 Å². The standard InChI is InChI=1S/C19H16ClN5O3S/c1-27-16-7-6-13(20)11-15(16)21-17-18(26)25(24-8-2-3-9-24)19(23-22-17)29-12-14-5-4-10-28-14/h2-11H,12H2,1H3,(H,21,22). The molecule has 0 bridgehead atoms. The minimum Gasteiger partial charge on any atom is -0.495 e. The number of benzene rings is 1. The van der Waals surface area contributed by atoms with Crippen molar-refractivity contribution in [2.45, 2.75) is 10.9 Å². The monoisotopic (exact) mass is 429 g/mol. The van der Waals surface area contributed by atoms with Gasteiger partial charge in [0, 0.05) is 17.4 Å². The van der Waals surface area contributed by atoms with E-state index in [1.807, 2.05) is 24.3 Å². The first-order valence-corrected chi connectivity index (χ1v) is 9.91. The lowest BCUT2D eigenvalue weighted by atomic mass is 10.3. The van der Waals surface area contributed by atoms with E-state index in [1.54, 1.807) is 41.5 Å². The average molecular weight is 430 g/mol. The summed E-state index contributed by atoms with van der Waals surface area (Å²) < 4.78 is 13.7. The summed E-state index contributed by atoms with van der Waals surface area (Å²) in [5, 5.41) is 12.2. The molecule has 0 aliphatic rings. The summed E-state index contributed by atoms with van der Waals surface area (Å²) >= 11 is 7.42. The highest BCUT2D eigenvalue weighted by Gasteiger charge is 2.16. The first-order chi connectivity index (χ1) is 14.2. The summed E-state index contributed by atoms with van der Waals surface area (Å²) in [4.78, 5) is 13.2. The first-order valence-electron chi connectivity index (χ1n) is 8.55. The Morgan fingerprint density at radius 1 is 1.21 bits per heavy atom. The van der Waals surface area contributed by atoms with Gasteiger partial charge in [-0.2, -0.15) is 4.68 Å². The molecule has 0 aliphatic carbocycles. The molecular weight excluding hydrogens is 414 g/mol. The van der Waals surface area contributed by atoms with E-state index in [0.29, 0.717) is 27.4 Å². The number of hydrogen-bond donors (Lipinski definition) is 1. The molecule has 0 unspecified atom stereocenters. The van der Waals surface area contributed by atoms with Crippen LogP contribution in [-0.2, 0) is 5.75 Å². The molecule has 3 heterocycles. The zero-order chi connectivity index (χ0) is 20.2. The van der Waals surface area contributed by atoms with E-state index in [9.17, 15) is 4.79 Å². The van der Waals surface area contributed by atoms with Gasteiger partial charge in [-0.15, -0.1) is 10.2 Å². The number of rotatable bonds is 7. The molecule has 0 aliphatic heterocycles. The van der Waals surface area contributed by atoms with E-state index < -0.39 is 0 Å². The molecule has 29 heavy (non-hydrogen) atoms. The molecule has 4 rings (SSSR count). The van der Waals surface area contributed by atoms with Gasteiger partial charge < -0.3 is 14.5 Å². The maximum atomic E-state index is 13.2. The second-order valence-electron chi connectivity index (χ2n) is 5.85. The zero-order valence-electron chi connectivity index (χ0n) is 15.3. The second kappa shape index (κ2) is 8.46. The van der Waals surface area contributed by atoms with E-state index in [1.165, 1.54) is 23.5 Å². The minimum atomic E-state index is -0.375. The van der Waals surface area contributed by atoms with Crippen LogP contribution < -0.4 is 15.6 Å². The van der Waals surface area contributed by atoms with Gasteiger partial charge in [0.15, 0.2) is 0 Å². The third-order valence-corrected chi connectivity index (χ3v) is 5.15. The molecule has 8 nitrogen and oxygen atoms in total. The number of nitrogens with one attached hydrogen (secondary N) is 1. The summed E-state index contributed by atoms with van der Waals surface area (Å²) in [7, 11) is 1.53. The van der Waals surface area contributed by atoms with Crippen LogP contribution in [0.25, 0.3) is 0 Å². The highest BCUT2D eigenvalue weighted by molar-refractivity contribution is 7.98. The lowest BCUT2D eigenvalue weighted by Crippen LogP contribution is -2.30. The molecule has 1 aromatic carbocycles. The van der Waals surface area contributed by atoms with Crippen molar-refractivity contribution in [3.63, 3.8) is 0 Å². The smallest absolute Gasteiger partial charge is 0.316 e. The van der Waals surface area contributed by atoms with Gasteiger partial charge in [-0.1, -0.05) is 23.4 Å². The van der Waals surface area contributed by atoms with Crippen LogP contribution in [-0.4, -0.2) is 26.7 Å². The largest absolute Gasteiger partial charge is 0.495 e. The van der Waals surface area contributed by atoms with Crippen LogP contribution in [0.1, 0.15) is 5.76 Å². The number of aromatic nitrogens is 4. The topological polar surface area (TPSA) is 87.1 Å². The Balaban J connectivity index is 1.72. The van der Waals surface area contributed by atoms with E-state index in [0.717, 1.165) is 5.76 Å². The Morgan fingerprint density at radius 2 is 2.03 bits per heavy atom. The first kappa shape index (κ1) is 19.2. The van der Waals surface area contributed by atoms with Gasteiger partial charge in [0.05, 0.1) is 24.8 Å². The van der Waals surface area contributed by atoms with Crippen LogP contribution in [0.3, 0.4) is 0 Å². The Labute approximate surface area is 175 Å². The Hall–Kier alpha value is -3.17. The Kier molecular flexibility index (Phi) is 5.59. The van der Waals surface area contributed by atoms with Crippen LogP contribution in [0, 0.1) is 0 Å². The molecule has 3 aromatic heterocycles. The predicted molar refractivity (Wildman–Crippen MR) is 111 cm³/mol. The molecule has 0 saturated heterocycles. The average Bonchev–Trinajstić information content (AvgIpc) is 3.42. The minimum absolute atomic E-state index is 0.0432. The fourth-order valence-corrected chi connectivity index (χ4v) is 3.64. The summed E-state index contributed by atoms with van der Waals surface area (Å²) in [6.45, 7) is 0. The molecule has 0 atom stereocenters. The third-order valence-electron chi connectivity index (χ3n) is 3.97. The number of methoxy groups -OCH3 is 1. The maximum Gasteiger partial charge on any atom is 0.316 e. The number of halogens is 1. The van der Waals surface area contributed by atoms with Crippen molar-refractivity contribution in [3.05, 3.63) is 82.3 Å². The summed E-state index contributed by atoms with van der Waals surface area (Å²) in [6, 6.07) is 12.4. The van der Waals surface area contributed by atoms with E-state index in [4.69, 9.17) is 20.8 Å². The van der Waals surface area contributed by atoms with E-state index >= 15 is 0 Å². The molecule has 148 valence electrons. The normalized spacial score (nSPS) is 10.8. The van der Waals surface area contributed by atoms with Gasteiger partial charge in [-0.25, -0.2) is 0 Å². The number of nitrogens with zero attached hydrogens (tertiary/aromatic N) is 4. The van der Waals surface area contributed by atoms with E-state index in [-0.39, 0.29) is 11.4 Å². The van der Waals surface area contributed by atoms with Gasteiger partial charge in [0.25, 0.3) is 0 Å². The van der Waals surface area contributed by atoms with Crippen LogP contribution in [0.5, 0.6) is 5.75 Å². The van der Waals surface area contributed by atoms with Gasteiger partial charge in [0.1, 0.15) is 11.5 Å². The lowest BCUT2D eigenvalue weighted by molar-refractivity contribution is 0.416. The number of thioether (sulfide) groups is 1. The molecule has 0 amide bonds. The Morgan fingerprint density at radius 3 is 2.76 bits per heavy atom. The number of ether oxygens (including phenoxy) is 1. The van der Waals surface area contributed by atoms with Crippen molar-refractivity contribution in [3.8, 4) is 5.75 Å².